The summed E-state index contributed by atoms with van der Waals surface area (Å²) in [5.41, 5.74) is 2.32. The van der Waals surface area contributed by atoms with Gasteiger partial charge < -0.3 is 5.32 Å². The first-order valence-electron chi connectivity index (χ1n) is 6.10. The number of pyridine rings is 1. The van der Waals surface area contributed by atoms with Gasteiger partial charge in [-0.05, 0) is 13.0 Å². The predicted octanol–water partition coefficient (Wildman–Crippen LogP) is 2.74. The molecule has 0 aliphatic heterocycles. The number of carbonyl (C=O) groups excluding carboxylic acids is 1. The van der Waals surface area contributed by atoms with Crippen molar-refractivity contribution >= 4 is 34.4 Å². The van der Waals surface area contributed by atoms with Crippen molar-refractivity contribution in [1.82, 2.24) is 15.2 Å². The zero-order chi connectivity index (χ0) is 14.0. The Hall–Kier alpha value is -1.56. The molecular formula is C13H18N4OS. The SMILES string of the molecule is Cc1[nH]nc2ncc(NC(=O)CSC(C)(C)C)cc12. The van der Waals surface area contributed by atoms with Crippen LogP contribution >= 0.6 is 11.8 Å². The molecule has 2 heterocycles. The van der Waals surface area contributed by atoms with Gasteiger partial charge in [-0.3, -0.25) is 9.89 Å². The zero-order valence-corrected chi connectivity index (χ0v) is 12.4. The topological polar surface area (TPSA) is 70.7 Å². The Balaban J connectivity index is 2.04. The van der Waals surface area contributed by atoms with Gasteiger partial charge in [-0.25, -0.2) is 4.98 Å². The summed E-state index contributed by atoms with van der Waals surface area (Å²) in [6.07, 6.45) is 1.63. The lowest BCUT2D eigenvalue weighted by Gasteiger charge is -2.16. The van der Waals surface area contributed by atoms with Gasteiger partial charge in [0.2, 0.25) is 5.91 Å². The summed E-state index contributed by atoms with van der Waals surface area (Å²) in [6, 6.07) is 1.89. The highest BCUT2D eigenvalue weighted by Gasteiger charge is 2.14. The number of H-pyrrole nitrogens is 1. The molecule has 0 saturated carbocycles. The molecule has 2 aromatic rings. The highest BCUT2D eigenvalue weighted by Crippen LogP contribution is 2.23. The molecule has 0 fully saturated rings. The lowest BCUT2D eigenvalue weighted by molar-refractivity contribution is -0.113. The van der Waals surface area contributed by atoms with Crippen LogP contribution in [0.2, 0.25) is 0 Å². The van der Waals surface area contributed by atoms with Crippen LogP contribution in [0.1, 0.15) is 26.5 Å². The van der Waals surface area contributed by atoms with Crippen LogP contribution in [0.3, 0.4) is 0 Å². The fourth-order valence-corrected chi connectivity index (χ4v) is 2.20. The second-order valence-electron chi connectivity index (χ2n) is 5.39. The molecule has 5 nitrogen and oxygen atoms in total. The van der Waals surface area contributed by atoms with Crippen LogP contribution in [0.25, 0.3) is 11.0 Å². The van der Waals surface area contributed by atoms with E-state index in [9.17, 15) is 4.79 Å². The van der Waals surface area contributed by atoms with Gasteiger partial charge in [-0.15, -0.1) is 11.8 Å². The Labute approximate surface area is 116 Å². The maximum absolute atomic E-state index is 11.8. The largest absolute Gasteiger partial charge is 0.324 e. The lowest BCUT2D eigenvalue weighted by Crippen LogP contribution is -2.18. The average Bonchev–Trinajstić information content (AvgIpc) is 2.68. The van der Waals surface area contributed by atoms with Gasteiger partial charge >= 0.3 is 0 Å². The van der Waals surface area contributed by atoms with Gasteiger partial charge in [0, 0.05) is 15.8 Å². The van der Waals surface area contributed by atoms with E-state index in [0.29, 0.717) is 17.1 Å². The Morgan fingerprint density at radius 2 is 2.21 bits per heavy atom. The van der Waals surface area contributed by atoms with Crippen LogP contribution < -0.4 is 5.32 Å². The first-order valence-corrected chi connectivity index (χ1v) is 7.08. The molecule has 0 aliphatic carbocycles. The Morgan fingerprint density at radius 3 is 2.89 bits per heavy atom. The number of nitrogens with one attached hydrogen (secondary N) is 2. The minimum absolute atomic E-state index is 0.0118. The van der Waals surface area contributed by atoms with Crippen LogP contribution in [0.15, 0.2) is 12.3 Å². The zero-order valence-electron chi connectivity index (χ0n) is 11.6. The average molecular weight is 278 g/mol. The van der Waals surface area contributed by atoms with E-state index in [1.807, 2.05) is 13.0 Å². The number of rotatable bonds is 3. The molecule has 0 unspecified atom stereocenters. The molecule has 2 aromatic heterocycles. The summed E-state index contributed by atoms with van der Waals surface area (Å²) in [7, 11) is 0. The van der Waals surface area contributed by atoms with Crippen LogP contribution in [0.5, 0.6) is 0 Å². The Morgan fingerprint density at radius 1 is 1.47 bits per heavy atom. The van der Waals surface area contributed by atoms with E-state index in [1.165, 1.54) is 0 Å². The van der Waals surface area contributed by atoms with Crippen LogP contribution in [-0.4, -0.2) is 31.6 Å². The molecule has 1 amide bonds. The first-order chi connectivity index (χ1) is 8.85. The summed E-state index contributed by atoms with van der Waals surface area (Å²) in [5, 5.41) is 10.7. The number of aromatic nitrogens is 3. The first kappa shape index (κ1) is 13.9. The number of amides is 1. The minimum atomic E-state index is -0.0118. The van der Waals surface area contributed by atoms with E-state index in [1.54, 1.807) is 18.0 Å². The van der Waals surface area contributed by atoms with E-state index >= 15 is 0 Å². The molecular weight excluding hydrogens is 260 g/mol. The number of aromatic amines is 1. The molecule has 0 spiro atoms. The van der Waals surface area contributed by atoms with Crippen molar-refractivity contribution in [1.29, 1.82) is 0 Å². The van der Waals surface area contributed by atoms with Crippen molar-refractivity contribution in [2.75, 3.05) is 11.1 Å². The van der Waals surface area contributed by atoms with Crippen molar-refractivity contribution in [2.24, 2.45) is 0 Å². The summed E-state index contributed by atoms with van der Waals surface area (Å²) >= 11 is 1.62. The standard InChI is InChI=1S/C13H18N4OS/c1-8-10-5-9(6-14-12(10)17-16-8)15-11(18)7-19-13(2,3)4/h5-6H,7H2,1-4H3,(H,15,18)(H,14,16,17). The van der Waals surface area contributed by atoms with Gasteiger partial charge in [0.1, 0.15) is 0 Å². The van der Waals surface area contributed by atoms with Crippen molar-refractivity contribution in [3.8, 4) is 0 Å². The van der Waals surface area contributed by atoms with Gasteiger partial charge in [-0.1, -0.05) is 20.8 Å². The molecule has 19 heavy (non-hydrogen) atoms. The molecule has 0 radical (unpaired) electrons. The quantitative estimate of drug-likeness (QED) is 0.905. The molecule has 0 bridgehead atoms. The number of nitrogens with zero attached hydrogens (tertiary/aromatic N) is 2. The fourth-order valence-electron chi connectivity index (χ4n) is 1.57. The molecule has 6 heteroatoms. The highest BCUT2D eigenvalue weighted by atomic mass is 32.2. The smallest absolute Gasteiger partial charge is 0.234 e. The monoisotopic (exact) mass is 278 g/mol. The highest BCUT2D eigenvalue weighted by molar-refractivity contribution is 8.01. The Kier molecular flexibility index (Phi) is 3.80. The summed E-state index contributed by atoms with van der Waals surface area (Å²) in [4.78, 5) is 16.0. The van der Waals surface area contributed by atoms with Gasteiger partial charge in [0.15, 0.2) is 5.65 Å². The third-order valence-electron chi connectivity index (χ3n) is 2.52. The third-order valence-corrected chi connectivity index (χ3v) is 3.79. The van der Waals surface area contributed by atoms with E-state index in [0.717, 1.165) is 11.1 Å². The van der Waals surface area contributed by atoms with E-state index < -0.39 is 0 Å². The third kappa shape index (κ3) is 3.70. The second-order valence-corrected chi connectivity index (χ2v) is 7.20. The molecule has 0 atom stereocenters. The second kappa shape index (κ2) is 5.21. The number of carbonyl (C=O) groups is 1. The van der Waals surface area contributed by atoms with Crippen LogP contribution in [0.4, 0.5) is 5.69 Å². The van der Waals surface area contributed by atoms with E-state index in [-0.39, 0.29) is 10.7 Å². The summed E-state index contributed by atoms with van der Waals surface area (Å²) < 4.78 is 0.0840. The fraction of sp³-hybridized carbons (Fsp3) is 0.462. The molecule has 0 aromatic carbocycles. The van der Waals surface area contributed by atoms with Crippen molar-refractivity contribution in [3.05, 3.63) is 18.0 Å². The lowest BCUT2D eigenvalue weighted by atomic mass is 10.2. The number of hydrogen-bond donors (Lipinski definition) is 2. The summed E-state index contributed by atoms with van der Waals surface area (Å²) in [6.45, 7) is 8.20. The molecule has 2 N–H and O–H groups in total. The maximum atomic E-state index is 11.8. The number of fused-ring (bicyclic) bond motifs is 1. The summed E-state index contributed by atoms with van der Waals surface area (Å²) in [5.74, 6) is 0.425. The Bertz CT molecular complexity index is 600. The number of thioether (sulfide) groups is 1. The van der Waals surface area contributed by atoms with Gasteiger partial charge in [0.25, 0.3) is 0 Å². The molecule has 102 valence electrons. The van der Waals surface area contributed by atoms with E-state index in [4.69, 9.17) is 0 Å². The predicted molar refractivity (Wildman–Crippen MR) is 79.5 cm³/mol. The molecule has 2 rings (SSSR count). The van der Waals surface area contributed by atoms with E-state index in [2.05, 4.69) is 41.3 Å². The van der Waals surface area contributed by atoms with Crippen LogP contribution in [-0.2, 0) is 4.79 Å². The van der Waals surface area contributed by atoms with Crippen LogP contribution in [0, 0.1) is 6.92 Å². The number of aryl methyl sites for hydroxylation is 1. The van der Waals surface area contributed by atoms with Crippen molar-refractivity contribution in [2.45, 2.75) is 32.4 Å². The number of anilines is 1. The normalized spacial score (nSPS) is 11.8. The van der Waals surface area contributed by atoms with Gasteiger partial charge in [0.05, 0.1) is 17.6 Å². The maximum Gasteiger partial charge on any atom is 0.234 e. The van der Waals surface area contributed by atoms with Crippen molar-refractivity contribution in [3.63, 3.8) is 0 Å². The van der Waals surface area contributed by atoms with Gasteiger partial charge in [-0.2, -0.15) is 5.10 Å². The molecule has 0 aliphatic rings. The number of hydrogen-bond acceptors (Lipinski definition) is 4. The minimum Gasteiger partial charge on any atom is -0.324 e. The van der Waals surface area contributed by atoms with Crippen molar-refractivity contribution < 1.29 is 4.79 Å². The molecule has 0 saturated heterocycles.